The highest BCUT2D eigenvalue weighted by Gasteiger charge is 2.20. The van der Waals surface area contributed by atoms with Gasteiger partial charge in [0, 0.05) is 37.6 Å². The van der Waals surface area contributed by atoms with E-state index in [9.17, 15) is 9.18 Å². The van der Waals surface area contributed by atoms with Gasteiger partial charge in [-0.05, 0) is 55.0 Å². The molecule has 3 aromatic rings. The molecule has 0 unspecified atom stereocenters. The van der Waals surface area contributed by atoms with E-state index >= 15 is 0 Å². The summed E-state index contributed by atoms with van der Waals surface area (Å²) in [7, 11) is 0. The molecule has 0 spiro atoms. The molecule has 1 aliphatic rings. The Hall–Kier alpha value is -3.12. The van der Waals surface area contributed by atoms with Gasteiger partial charge in [-0.25, -0.2) is 4.39 Å². The van der Waals surface area contributed by atoms with Crippen LogP contribution in [-0.2, 0) is 6.54 Å². The zero-order chi connectivity index (χ0) is 20.2. The number of hydrogen-bond acceptors (Lipinski definition) is 4. The van der Waals surface area contributed by atoms with Crippen LogP contribution in [0.3, 0.4) is 0 Å². The normalized spacial score (nSPS) is 14.8. The Morgan fingerprint density at radius 3 is 2.45 bits per heavy atom. The van der Waals surface area contributed by atoms with Gasteiger partial charge >= 0.3 is 0 Å². The molecule has 1 fully saturated rings. The van der Waals surface area contributed by atoms with Crippen LogP contribution in [0.4, 0.5) is 15.8 Å². The first-order chi connectivity index (χ1) is 14.1. The first-order valence-corrected chi connectivity index (χ1v) is 9.77. The van der Waals surface area contributed by atoms with Crippen molar-refractivity contribution in [3.05, 3.63) is 83.6 Å². The number of furan rings is 1. The number of hydrogen-bond donors (Lipinski definition) is 1. The molecule has 1 saturated heterocycles. The fourth-order valence-corrected chi connectivity index (χ4v) is 3.60. The van der Waals surface area contributed by atoms with Crippen LogP contribution in [-0.4, -0.2) is 37.0 Å². The number of carbonyl (C=O) groups excluding carboxylic acids is 1. The maximum absolute atomic E-state index is 13.0. The fraction of sp³-hybridized carbons (Fsp3) is 0.261. The number of nitrogens with zero attached hydrogens (tertiary/aromatic N) is 2. The Kier molecular flexibility index (Phi) is 5.62. The van der Waals surface area contributed by atoms with E-state index in [-0.39, 0.29) is 17.5 Å². The zero-order valence-corrected chi connectivity index (χ0v) is 16.4. The van der Waals surface area contributed by atoms with Gasteiger partial charge in [0.05, 0.1) is 6.54 Å². The smallest absolute Gasteiger partial charge is 0.291 e. The number of rotatable bonds is 5. The van der Waals surface area contributed by atoms with Crippen LogP contribution >= 0.6 is 0 Å². The maximum Gasteiger partial charge on any atom is 0.291 e. The van der Waals surface area contributed by atoms with Crippen molar-refractivity contribution in [2.24, 2.45) is 0 Å². The van der Waals surface area contributed by atoms with Gasteiger partial charge < -0.3 is 14.6 Å². The van der Waals surface area contributed by atoms with Crippen LogP contribution in [0.15, 0.2) is 65.1 Å². The summed E-state index contributed by atoms with van der Waals surface area (Å²) in [6, 6.07) is 17.6. The molecule has 150 valence electrons. The van der Waals surface area contributed by atoms with Gasteiger partial charge in [-0.3, -0.25) is 9.69 Å². The van der Waals surface area contributed by atoms with Crippen LogP contribution in [0, 0.1) is 12.7 Å². The number of benzene rings is 2. The second-order valence-electron chi connectivity index (χ2n) is 7.28. The summed E-state index contributed by atoms with van der Waals surface area (Å²) >= 11 is 0. The molecule has 29 heavy (non-hydrogen) atoms. The summed E-state index contributed by atoms with van der Waals surface area (Å²) in [5, 5.41) is 2.71. The number of carbonyl (C=O) groups is 1. The molecular weight excluding hydrogens is 369 g/mol. The van der Waals surface area contributed by atoms with Gasteiger partial charge in [0.15, 0.2) is 5.76 Å². The summed E-state index contributed by atoms with van der Waals surface area (Å²) in [5.74, 6) is 0.333. The number of piperazine rings is 1. The molecule has 0 aliphatic carbocycles. The van der Waals surface area contributed by atoms with Crippen molar-refractivity contribution >= 4 is 17.3 Å². The van der Waals surface area contributed by atoms with E-state index in [0.29, 0.717) is 12.2 Å². The number of para-hydroxylation sites is 1. The molecule has 4 rings (SSSR count). The van der Waals surface area contributed by atoms with E-state index in [4.69, 9.17) is 4.42 Å². The molecular formula is C23H24FN3O2. The van der Waals surface area contributed by atoms with Crippen molar-refractivity contribution in [1.29, 1.82) is 0 Å². The standard InChI is InChI=1S/C23H24FN3O2/c1-17-4-2-3-5-21(17)27-14-12-26(13-15-27)16-20-10-11-22(29-20)23(28)25-19-8-6-18(24)7-9-19/h2-11H,12-16H2,1H3,(H,25,28). The van der Waals surface area contributed by atoms with Gasteiger partial charge in [0.2, 0.25) is 0 Å². The lowest BCUT2D eigenvalue weighted by Gasteiger charge is -2.36. The number of halogens is 1. The predicted molar refractivity (Wildman–Crippen MR) is 112 cm³/mol. The molecule has 0 saturated carbocycles. The minimum Gasteiger partial charge on any atom is -0.455 e. The third kappa shape index (κ3) is 4.66. The maximum atomic E-state index is 13.0. The molecule has 5 nitrogen and oxygen atoms in total. The molecule has 1 aromatic heterocycles. The zero-order valence-electron chi connectivity index (χ0n) is 16.4. The number of amides is 1. The van der Waals surface area contributed by atoms with Crippen molar-refractivity contribution in [3.63, 3.8) is 0 Å². The number of nitrogens with one attached hydrogen (secondary N) is 1. The van der Waals surface area contributed by atoms with E-state index in [2.05, 4.69) is 46.3 Å². The average molecular weight is 393 g/mol. The first kappa shape index (κ1) is 19.2. The molecule has 0 bridgehead atoms. The lowest BCUT2D eigenvalue weighted by atomic mass is 10.1. The molecule has 0 radical (unpaired) electrons. The van der Waals surface area contributed by atoms with Crippen LogP contribution in [0.1, 0.15) is 21.9 Å². The number of aryl methyl sites for hydroxylation is 1. The Morgan fingerprint density at radius 2 is 1.72 bits per heavy atom. The van der Waals surface area contributed by atoms with E-state index < -0.39 is 0 Å². The largest absolute Gasteiger partial charge is 0.455 e. The first-order valence-electron chi connectivity index (χ1n) is 9.77. The quantitative estimate of drug-likeness (QED) is 0.702. The van der Waals surface area contributed by atoms with Gasteiger partial charge in [0.25, 0.3) is 5.91 Å². The van der Waals surface area contributed by atoms with Crippen molar-refractivity contribution in [2.45, 2.75) is 13.5 Å². The minimum atomic E-state index is -0.342. The lowest BCUT2D eigenvalue weighted by Crippen LogP contribution is -2.46. The van der Waals surface area contributed by atoms with Crippen LogP contribution in [0.25, 0.3) is 0 Å². The Balaban J connectivity index is 1.31. The van der Waals surface area contributed by atoms with Gasteiger partial charge in [-0.1, -0.05) is 18.2 Å². The monoisotopic (exact) mass is 393 g/mol. The highest BCUT2D eigenvalue weighted by atomic mass is 19.1. The molecule has 6 heteroatoms. The van der Waals surface area contributed by atoms with Crippen molar-refractivity contribution in [3.8, 4) is 0 Å². The third-order valence-corrected chi connectivity index (χ3v) is 5.20. The van der Waals surface area contributed by atoms with Crippen LogP contribution < -0.4 is 10.2 Å². The molecule has 1 N–H and O–H groups in total. The summed E-state index contributed by atoms with van der Waals surface area (Å²) < 4.78 is 18.7. The van der Waals surface area contributed by atoms with Gasteiger partial charge in [0.1, 0.15) is 11.6 Å². The van der Waals surface area contributed by atoms with Crippen molar-refractivity contribution in [2.75, 3.05) is 36.4 Å². The highest BCUT2D eigenvalue weighted by Crippen LogP contribution is 2.22. The molecule has 1 amide bonds. The SMILES string of the molecule is Cc1ccccc1N1CCN(Cc2ccc(C(=O)Nc3ccc(F)cc3)o2)CC1. The van der Waals surface area contributed by atoms with Gasteiger partial charge in [-0.15, -0.1) is 0 Å². The number of anilines is 2. The molecule has 1 aliphatic heterocycles. The Labute approximate surface area is 169 Å². The summed E-state index contributed by atoms with van der Waals surface area (Å²) in [6.45, 7) is 6.61. The summed E-state index contributed by atoms with van der Waals surface area (Å²) in [5.41, 5.74) is 3.12. The van der Waals surface area contributed by atoms with Crippen LogP contribution in [0.5, 0.6) is 0 Å². The second-order valence-corrected chi connectivity index (χ2v) is 7.28. The summed E-state index contributed by atoms with van der Waals surface area (Å²) in [4.78, 5) is 17.1. The Morgan fingerprint density at radius 1 is 1.00 bits per heavy atom. The molecule has 2 aromatic carbocycles. The van der Waals surface area contributed by atoms with E-state index in [0.717, 1.165) is 31.9 Å². The predicted octanol–water partition coefficient (Wildman–Crippen LogP) is 4.30. The summed E-state index contributed by atoms with van der Waals surface area (Å²) in [6.07, 6.45) is 0. The topological polar surface area (TPSA) is 48.7 Å². The fourth-order valence-electron chi connectivity index (χ4n) is 3.60. The third-order valence-electron chi connectivity index (χ3n) is 5.20. The van der Waals surface area contributed by atoms with Crippen molar-refractivity contribution < 1.29 is 13.6 Å². The van der Waals surface area contributed by atoms with E-state index in [1.54, 1.807) is 6.07 Å². The van der Waals surface area contributed by atoms with E-state index in [1.807, 2.05) is 6.07 Å². The van der Waals surface area contributed by atoms with Crippen molar-refractivity contribution in [1.82, 2.24) is 4.90 Å². The van der Waals surface area contributed by atoms with Crippen LogP contribution in [0.2, 0.25) is 0 Å². The lowest BCUT2D eigenvalue weighted by molar-refractivity contribution is 0.0992. The highest BCUT2D eigenvalue weighted by molar-refractivity contribution is 6.02. The average Bonchev–Trinajstić information content (AvgIpc) is 3.19. The Bertz CT molecular complexity index is 976. The minimum absolute atomic E-state index is 0.253. The second kappa shape index (κ2) is 8.49. The molecule has 2 heterocycles. The molecule has 0 atom stereocenters. The van der Waals surface area contributed by atoms with Gasteiger partial charge in [-0.2, -0.15) is 0 Å². The van der Waals surface area contributed by atoms with E-state index in [1.165, 1.54) is 35.5 Å².